The number of carbonyl (C=O) groups is 2. The molecule has 15 heteroatoms. The number of ether oxygens (including phenoxy) is 1. The van der Waals surface area contributed by atoms with Gasteiger partial charge in [-0.05, 0) is 84.4 Å². The summed E-state index contributed by atoms with van der Waals surface area (Å²) < 4.78 is 52.7. The van der Waals surface area contributed by atoms with Gasteiger partial charge in [-0.15, -0.1) is 0 Å². The van der Waals surface area contributed by atoms with Gasteiger partial charge in [-0.1, -0.05) is 23.7 Å². The zero-order chi connectivity index (χ0) is 36.9. The Morgan fingerprint density at radius 2 is 1.70 bits per heavy atom. The first kappa shape index (κ1) is 36.7. The van der Waals surface area contributed by atoms with Crippen LogP contribution in [0.4, 0.5) is 29.3 Å². The van der Waals surface area contributed by atoms with Crippen LogP contribution in [0.2, 0.25) is 5.02 Å². The summed E-state index contributed by atoms with van der Waals surface area (Å²) in [6, 6.07) is 9.07. The summed E-state index contributed by atoms with van der Waals surface area (Å²) in [7, 11) is 0. The van der Waals surface area contributed by atoms with Crippen molar-refractivity contribution in [2.24, 2.45) is 0 Å². The van der Waals surface area contributed by atoms with Crippen molar-refractivity contribution in [1.29, 1.82) is 0 Å². The SMILES string of the molecule is Cc1c(N2CCN(C(=O)OC(C)(C)C)[C@H](C)C2)c(=O)c2oc(-c3ccc(C(C)(C)O)cc3)nc2n1CC(=O)Nc1ccc(C(F)(F)F)cc1Cl. The van der Waals surface area contributed by atoms with E-state index in [4.69, 9.17) is 20.8 Å². The minimum atomic E-state index is -4.61. The molecule has 1 aliphatic heterocycles. The summed E-state index contributed by atoms with van der Waals surface area (Å²) in [5.41, 5.74) is -1.49. The number of nitrogens with one attached hydrogen (secondary N) is 1. The molecule has 3 heterocycles. The number of hydrogen-bond acceptors (Lipinski definition) is 8. The minimum absolute atomic E-state index is 0.0281. The van der Waals surface area contributed by atoms with Crippen molar-refractivity contribution in [1.82, 2.24) is 14.5 Å². The summed E-state index contributed by atoms with van der Waals surface area (Å²) in [6.45, 7) is 12.5. The molecule has 1 saturated heterocycles. The molecule has 50 heavy (non-hydrogen) atoms. The van der Waals surface area contributed by atoms with Crippen LogP contribution in [0.1, 0.15) is 58.4 Å². The number of piperazine rings is 1. The molecule has 2 aromatic heterocycles. The lowest BCUT2D eigenvalue weighted by atomic mass is 9.97. The number of alkyl halides is 3. The third-order valence-corrected chi connectivity index (χ3v) is 8.63. The number of aliphatic hydroxyl groups is 1. The van der Waals surface area contributed by atoms with Crippen LogP contribution >= 0.6 is 11.6 Å². The van der Waals surface area contributed by atoms with Gasteiger partial charge in [-0.3, -0.25) is 9.59 Å². The summed E-state index contributed by atoms with van der Waals surface area (Å²) in [6.07, 6.45) is -5.08. The molecule has 0 radical (unpaired) electrons. The van der Waals surface area contributed by atoms with Crippen molar-refractivity contribution in [3.8, 4) is 11.5 Å². The van der Waals surface area contributed by atoms with Crippen molar-refractivity contribution >= 4 is 46.2 Å². The van der Waals surface area contributed by atoms with E-state index in [1.807, 2.05) is 11.8 Å². The second-order valence-corrected chi connectivity index (χ2v) is 14.3. The van der Waals surface area contributed by atoms with E-state index < -0.39 is 46.9 Å². The van der Waals surface area contributed by atoms with Gasteiger partial charge in [0.05, 0.1) is 21.9 Å². The molecule has 2 amide bonds. The summed E-state index contributed by atoms with van der Waals surface area (Å²) >= 11 is 6.10. The number of pyridine rings is 1. The molecular weight excluding hydrogens is 679 g/mol. The molecule has 1 fully saturated rings. The Balaban J connectivity index is 1.54. The molecule has 0 saturated carbocycles. The van der Waals surface area contributed by atoms with Crippen LogP contribution in [0.3, 0.4) is 0 Å². The van der Waals surface area contributed by atoms with E-state index in [1.54, 1.807) is 70.7 Å². The van der Waals surface area contributed by atoms with E-state index in [9.17, 15) is 32.7 Å². The highest BCUT2D eigenvalue weighted by Crippen LogP contribution is 2.34. The molecule has 0 spiro atoms. The van der Waals surface area contributed by atoms with E-state index in [2.05, 4.69) is 10.3 Å². The highest BCUT2D eigenvalue weighted by molar-refractivity contribution is 6.33. The van der Waals surface area contributed by atoms with Crippen LogP contribution in [0, 0.1) is 6.92 Å². The van der Waals surface area contributed by atoms with Crippen LogP contribution in [-0.4, -0.2) is 62.8 Å². The normalized spacial score (nSPS) is 15.8. The second kappa shape index (κ2) is 13.3. The standard InChI is InChI=1S/C35H39ClF3N5O6/c1-19-17-42(14-15-43(19)32(47)50-33(3,4)5)27-20(2)44(18-26(45)40-25-13-12-23(16-24(25)36)35(37,38)39)30-29(28(27)46)49-31(41-30)21-8-10-22(11-9-21)34(6,7)48/h8-13,16,19,48H,14-15,17-18H2,1-7H3,(H,40,45)/t19-/m1/s1. The average Bonchev–Trinajstić information content (AvgIpc) is 3.44. The maximum absolute atomic E-state index is 14.1. The van der Waals surface area contributed by atoms with Crippen LogP contribution in [0.15, 0.2) is 51.7 Å². The Labute approximate surface area is 291 Å². The maximum atomic E-state index is 14.1. The van der Waals surface area contributed by atoms with Gasteiger partial charge in [0.2, 0.25) is 22.8 Å². The lowest BCUT2D eigenvalue weighted by Crippen LogP contribution is -2.56. The summed E-state index contributed by atoms with van der Waals surface area (Å²) in [5, 5.41) is 12.6. The Hall–Kier alpha value is -4.56. The molecule has 5 rings (SSSR count). The Kier molecular flexibility index (Phi) is 9.76. The third kappa shape index (κ3) is 7.76. The van der Waals surface area contributed by atoms with Crippen molar-refractivity contribution in [3.05, 3.63) is 74.5 Å². The van der Waals surface area contributed by atoms with Gasteiger partial charge in [0.25, 0.3) is 0 Å². The number of nitrogens with zero attached hydrogens (tertiary/aromatic N) is 4. The van der Waals surface area contributed by atoms with Gasteiger partial charge in [0.15, 0.2) is 5.65 Å². The van der Waals surface area contributed by atoms with Crippen LogP contribution < -0.4 is 15.6 Å². The zero-order valence-electron chi connectivity index (χ0n) is 28.7. The van der Waals surface area contributed by atoms with Gasteiger partial charge < -0.3 is 33.9 Å². The van der Waals surface area contributed by atoms with E-state index in [0.717, 1.165) is 18.2 Å². The molecule has 1 aliphatic rings. The average molecular weight is 718 g/mol. The topological polar surface area (TPSA) is 130 Å². The Bertz CT molecular complexity index is 1990. The number of halogens is 4. The zero-order valence-corrected chi connectivity index (χ0v) is 29.5. The lowest BCUT2D eigenvalue weighted by Gasteiger charge is -2.41. The molecule has 11 nitrogen and oxygen atoms in total. The number of oxazole rings is 1. The smallest absolute Gasteiger partial charge is 0.416 e. The Morgan fingerprint density at radius 3 is 2.26 bits per heavy atom. The number of carbonyl (C=O) groups excluding carboxylic acids is 2. The molecule has 2 N–H and O–H groups in total. The molecular formula is C35H39ClF3N5O6. The fourth-order valence-corrected chi connectivity index (χ4v) is 6.02. The van der Waals surface area contributed by atoms with Gasteiger partial charge in [0, 0.05) is 36.9 Å². The number of rotatable bonds is 6. The Morgan fingerprint density at radius 1 is 1.06 bits per heavy atom. The molecule has 1 atom stereocenters. The highest BCUT2D eigenvalue weighted by Gasteiger charge is 2.34. The van der Waals surface area contributed by atoms with E-state index in [-0.39, 0.29) is 59.2 Å². The van der Waals surface area contributed by atoms with Gasteiger partial charge in [-0.25, -0.2) is 4.79 Å². The number of anilines is 2. The first-order valence-electron chi connectivity index (χ1n) is 15.9. The highest BCUT2D eigenvalue weighted by atomic mass is 35.5. The first-order chi connectivity index (χ1) is 23.1. The number of fused-ring (bicyclic) bond motifs is 1. The predicted octanol–water partition coefficient (Wildman–Crippen LogP) is 6.95. The second-order valence-electron chi connectivity index (χ2n) is 13.9. The van der Waals surface area contributed by atoms with Gasteiger partial charge in [0.1, 0.15) is 17.8 Å². The van der Waals surface area contributed by atoms with E-state index in [1.165, 1.54) is 4.57 Å². The van der Waals surface area contributed by atoms with E-state index >= 15 is 0 Å². The number of amides is 2. The molecule has 0 aliphatic carbocycles. The number of aromatic nitrogens is 2. The summed E-state index contributed by atoms with van der Waals surface area (Å²) in [4.78, 5) is 48.5. The van der Waals surface area contributed by atoms with E-state index in [0.29, 0.717) is 16.8 Å². The number of hydrogen-bond donors (Lipinski definition) is 2. The van der Waals surface area contributed by atoms with Crippen molar-refractivity contribution in [3.63, 3.8) is 0 Å². The predicted molar refractivity (Wildman–Crippen MR) is 183 cm³/mol. The third-order valence-electron chi connectivity index (χ3n) is 8.32. The lowest BCUT2D eigenvalue weighted by molar-refractivity contribution is -0.137. The van der Waals surface area contributed by atoms with Gasteiger partial charge in [-0.2, -0.15) is 18.2 Å². The van der Waals surface area contributed by atoms with Gasteiger partial charge >= 0.3 is 12.3 Å². The van der Waals surface area contributed by atoms with Crippen molar-refractivity contribution in [2.75, 3.05) is 29.9 Å². The molecule has 4 aromatic rings. The van der Waals surface area contributed by atoms with Crippen LogP contribution in [0.5, 0.6) is 0 Å². The number of benzene rings is 2. The largest absolute Gasteiger partial charge is 0.444 e. The van der Waals surface area contributed by atoms with Crippen LogP contribution in [0.25, 0.3) is 22.7 Å². The van der Waals surface area contributed by atoms with Crippen molar-refractivity contribution < 1.29 is 37.0 Å². The fourth-order valence-electron chi connectivity index (χ4n) is 5.79. The monoisotopic (exact) mass is 717 g/mol. The first-order valence-corrected chi connectivity index (χ1v) is 16.3. The van der Waals surface area contributed by atoms with Crippen molar-refractivity contribution in [2.45, 2.75) is 78.4 Å². The minimum Gasteiger partial charge on any atom is -0.444 e. The molecule has 0 unspecified atom stereocenters. The molecule has 0 bridgehead atoms. The quantitative estimate of drug-likeness (QED) is 0.219. The fraction of sp³-hybridized carbons (Fsp3) is 0.429. The molecule has 268 valence electrons. The molecule has 2 aromatic carbocycles. The summed E-state index contributed by atoms with van der Waals surface area (Å²) in [5.74, 6) is -0.549. The van der Waals surface area contributed by atoms with Crippen LogP contribution in [-0.2, 0) is 27.9 Å². The maximum Gasteiger partial charge on any atom is 0.416 e.